The molecule has 0 heterocycles. The van der Waals surface area contributed by atoms with Gasteiger partial charge in [0, 0.05) is 6.07 Å². The highest BCUT2D eigenvalue weighted by molar-refractivity contribution is 5.90. The van der Waals surface area contributed by atoms with E-state index in [4.69, 9.17) is 5.73 Å². The predicted molar refractivity (Wildman–Crippen MR) is 57.4 cm³/mol. The van der Waals surface area contributed by atoms with Gasteiger partial charge in [0.05, 0.1) is 23.2 Å². The number of nitrogens with two attached hydrogens (primary N) is 1. The lowest BCUT2D eigenvalue weighted by molar-refractivity contribution is -0.386. The molecule has 0 bridgehead atoms. The number of rotatable bonds is 3. The van der Waals surface area contributed by atoms with Crippen LogP contribution in [-0.2, 0) is 4.74 Å². The summed E-state index contributed by atoms with van der Waals surface area (Å²) >= 11 is 0. The van der Waals surface area contributed by atoms with Gasteiger partial charge in [-0.1, -0.05) is 0 Å². The molecule has 2 N–H and O–H groups in total. The summed E-state index contributed by atoms with van der Waals surface area (Å²) in [5.74, 6) is -0.893. The zero-order valence-electron chi connectivity index (χ0n) is 9.60. The quantitative estimate of drug-likeness (QED) is 0.518. The van der Waals surface area contributed by atoms with E-state index in [-0.39, 0.29) is 5.56 Å². The van der Waals surface area contributed by atoms with Crippen molar-refractivity contribution >= 4 is 11.7 Å². The second-order valence-electron chi connectivity index (χ2n) is 3.54. The largest absolute Gasteiger partial charge is 0.465 e. The molecule has 0 aliphatic carbocycles. The Kier molecular flexibility index (Phi) is 4.10. The molecule has 0 aliphatic rings. The van der Waals surface area contributed by atoms with Gasteiger partial charge in [0.15, 0.2) is 0 Å². The number of nitro groups is 1. The van der Waals surface area contributed by atoms with Crippen molar-refractivity contribution in [1.82, 2.24) is 0 Å². The summed E-state index contributed by atoms with van der Waals surface area (Å²) in [5.41, 5.74) is 3.10. The third kappa shape index (κ3) is 3.19. The SMILES string of the molecule is COC(=O)c1ccc([C@@H](N)C(F)(F)F)c([N+](=O)[O-])c1. The van der Waals surface area contributed by atoms with Crippen LogP contribution in [0.2, 0.25) is 0 Å². The van der Waals surface area contributed by atoms with Crippen LogP contribution >= 0.6 is 0 Å². The molecule has 0 unspecified atom stereocenters. The average molecular weight is 278 g/mol. The number of benzene rings is 1. The van der Waals surface area contributed by atoms with Gasteiger partial charge in [-0.2, -0.15) is 13.2 Å². The van der Waals surface area contributed by atoms with Crippen molar-refractivity contribution in [2.75, 3.05) is 7.11 Å². The highest BCUT2D eigenvalue weighted by Crippen LogP contribution is 2.35. The predicted octanol–water partition coefficient (Wildman–Crippen LogP) is 1.94. The molecule has 0 aromatic heterocycles. The van der Waals surface area contributed by atoms with Gasteiger partial charge in [-0.3, -0.25) is 10.1 Å². The maximum absolute atomic E-state index is 12.5. The molecule has 0 amide bonds. The van der Waals surface area contributed by atoms with Crippen molar-refractivity contribution in [3.05, 3.63) is 39.4 Å². The molecule has 19 heavy (non-hydrogen) atoms. The third-order valence-corrected chi connectivity index (χ3v) is 2.34. The van der Waals surface area contributed by atoms with Crippen molar-refractivity contribution in [1.29, 1.82) is 0 Å². The van der Waals surface area contributed by atoms with Crippen molar-refractivity contribution in [3.8, 4) is 0 Å². The molecule has 1 atom stereocenters. The Morgan fingerprint density at radius 3 is 2.47 bits per heavy atom. The molecule has 104 valence electrons. The van der Waals surface area contributed by atoms with Crippen molar-refractivity contribution in [2.24, 2.45) is 5.73 Å². The van der Waals surface area contributed by atoms with Gasteiger partial charge in [0.1, 0.15) is 6.04 Å². The fraction of sp³-hybridized carbons (Fsp3) is 0.300. The summed E-state index contributed by atoms with van der Waals surface area (Å²) in [5, 5.41) is 10.7. The number of ether oxygens (including phenoxy) is 1. The van der Waals surface area contributed by atoms with E-state index in [1.54, 1.807) is 0 Å². The first-order valence-corrected chi connectivity index (χ1v) is 4.87. The maximum atomic E-state index is 12.5. The van der Waals surface area contributed by atoms with Crippen LogP contribution in [0.3, 0.4) is 0 Å². The fourth-order valence-electron chi connectivity index (χ4n) is 1.39. The minimum Gasteiger partial charge on any atom is -0.465 e. The number of esters is 1. The Labute approximate surface area is 105 Å². The van der Waals surface area contributed by atoms with Crippen LogP contribution in [0.5, 0.6) is 0 Å². The number of halogens is 3. The molecule has 1 aromatic carbocycles. The normalized spacial score (nSPS) is 12.9. The summed E-state index contributed by atoms with van der Waals surface area (Å²) < 4.78 is 41.7. The molecular formula is C10H9F3N2O4. The number of carbonyl (C=O) groups is 1. The van der Waals surface area contributed by atoms with Crippen LogP contribution in [0, 0.1) is 10.1 Å². The van der Waals surface area contributed by atoms with E-state index < -0.39 is 34.4 Å². The van der Waals surface area contributed by atoms with Gasteiger partial charge >= 0.3 is 12.1 Å². The molecule has 0 saturated heterocycles. The molecule has 0 aliphatic heterocycles. The van der Waals surface area contributed by atoms with Crippen molar-refractivity contribution < 1.29 is 27.6 Å². The molecule has 1 aromatic rings. The van der Waals surface area contributed by atoms with Crippen LogP contribution in [-0.4, -0.2) is 24.2 Å². The number of methoxy groups -OCH3 is 1. The van der Waals surface area contributed by atoms with E-state index in [0.717, 1.165) is 19.2 Å². The lowest BCUT2D eigenvalue weighted by Gasteiger charge is -2.16. The Bertz CT molecular complexity index is 516. The number of alkyl halides is 3. The number of carbonyl (C=O) groups excluding carboxylic acids is 1. The van der Waals surface area contributed by atoms with E-state index in [1.165, 1.54) is 0 Å². The summed E-state index contributed by atoms with van der Waals surface area (Å²) in [6.45, 7) is 0. The summed E-state index contributed by atoms with van der Waals surface area (Å²) in [6, 6.07) is -0.0191. The second-order valence-corrected chi connectivity index (χ2v) is 3.54. The molecule has 6 nitrogen and oxygen atoms in total. The summed E-state index contributed by atoms with van der Waals surface area (Å²) in [7, 11) is 1.05. The van der Waals surface area contributed by atoms with Crippen LogP contribution in [0.25, 0.3) is 0 Å². The number of nitro benzene ring substituents is 1. The first-order valence-electron chi connectivity index (χ1n) is 4.87. The first kappa shape index (κ1) is 14.9. The molecule has 0 saturated carbocycles. The molecule has 1 rings (SSSR count). The summed E-state index contributed by atoms with van der Waals surface area (Å²) in [6.07, 6.45) is -4.82. The highest BCUT2D eigenvalue weighted by atomic mass is 19.4. The molecule has 9 heteroatoms. The van der Waals surface area contributed by atoms with E-state index in [1.807, 2.05) is 0 Å². The van der Waals surface area contributed by atoms with E-state index >= 15 is 0 Å². The first-order chi connectivity index (χ1) is 8.68. The Hall–Kier alpha value is -2.16. The van der Waals surface area contributed by atoms with Gasteiger partial charge in [0.2, 0.25) is 0 Å². The van der Waals surface area contributed by atoms with Gasteiger partial charge in [0.25, 0.3) is 5.69 Å². The van der Waals surface area contributed by atoms with E-state index in [2.05, 4.69) is 4.74 Å². The molecule has 0 spiro atoms. The van der Waals surface area contributed by atoms with Gasteiger partial charge < -0.3 is 10.5 Å². The van der Waals surface area contributed by atoms with E-state index in [9.17, 15) is 28.1 Å². The zero-order chi connectivity index (χ0) is 14.8. The smallest absolute Gasteiger partial charge is 0.407 e. The minimum atomic E-state index is -4.82. The van der Waals surface area contributed by atoms with Gasteiger partial charge in [-0.25, -0.2) is 4.79 Å². The second kappa shape index (κ2) is 5.22. The third-order valence-electron chi connectivity index (χ3n) is 2.34. The standard InChI is InChI=1S/C10H9F3N2O4/c1-19-9(16)5-2-3-6(7(4-5)15(17)18)8(14)10(11,12)13/h2-4,8H,14H2,1H3/t8-/m1/s1. The Morgan fingerprint density at radius 2 is 2.05 bits per heavy atom. The highest BCUT2D eigenvalue weighted by Gasteiger charge is 2.41. The Morgan fingerprint density at radius 1 is 1.47 bits per heavy atom. The van der Waals surface area contributed by atoms with E-state index in [0.29, 0.717) is 6.07 Å². The van der Waals surface area contributed by atoms with Crippen LogP contribution < -0.4 is 5.73 Å². The van der Waals surface area contributed by atoms with Crippen LogP contribution in [0.15, 0.2) is 18.2 Å². The fourth-order valence-corrected chi connectivity index (χ4v) is 1.39. The van der Waals surface area contributed by atoms with Crippen LogP contribution in [0.4, 0.5) is 18.9 Å². The summed E-state index contributed by atoms with van der Waals surface area (Å²) in [4.78, 5) is 20.9. The van der Waals surface area contributed by atoms with Crippen LogP contribution in [0.1, 0.15) is 22.0 Å². The molecule has 0 fully saturated rings. The maximum Gasteiger partial charge on any atom is 0.407 e. The number of hydrogen-bond donors (Lipinski definition) is 1. The van der Waals surface area contributed by atoms with Crippen molar-refractivity contribution in [3.63, 3.8) is 0 Å². The molecule has 0 radical (unpaired) electrons. The zero-order valence-corrected chi connectivity index (χ0v) is 9.60. The Balaban J connectivity index is 3.35. The lowest BCUT2D eigenvalue weighted by Crippen LogP contribution is -2.29. The molecular weight excluding hydrogens is 269 g/mol. The monoisotopic (exact) mass is 278 g/mol. The lowest BCUT2D eigenvalue weighted by atomic mass is 10.0. The van der Waals surface area contributed by atoms with Crippen molar-refractivity contribution in [2.45, 2.75) is 12.2 Å². The number of nitrogens with zero attached hydrogens (tertiary/aromatic N) is 1. The van der Waals surface area contributed by atoms with Gasteiger partial charge in [-0.15, -0.1) is 0 Å². The average Bonchev–Trinajstić information content (AvgIpc) is 2.35. The number of hydrogen-bond acceptors (Lipinski definition) is 5. The minimum absolute atomic E-state index is 0.229. The van der Waals surface area contributed by atoms with Gasteiger partial charge in [-0.05, 0) is 12.1 Å². The topological polar surface area (TPSA) is 95.5 Å².